The summed E-state index contributed by atoms with van der Waals surface area (Å²) in [7, 11) is 0. The summed E-state index contributed by atoms with van der Waals surface area (Å²) in [4.78, 5) is 33.7. The van der Waals surface area contributed by atoms with E-state index in [9.17, 15) is 24.9 Å². The van der Waals surface area contributed by atoms with Gasteiger partial charge in [0.1, 0.15) is 6.10 Å². The Morgan fingerprint density at radius 2 is 1.81 bits per heavy atom. The fourth-order valence-corrected chi connectivity index (χ4v) is 6.60. The fraction of sp³-hybridized carbons (Fsp3) is 0.667. The van der Waals surface area contributed by atoms with Gasteiger partial charge >= 0.3 is 0 Å². The number of nitrogens with zero attached hydrogens (tertiary/aromatic N) is 2. The maximum atomic E-state index is 14.0. The van der Waals surface area contributed by atoms with Crippen molar-refractivity contribution in [3.05, 3.63) is 47.0 Å². The van der Waals surface area contributed by atoms with Crippen LogP contribution in [-0.4, -0.2) is 67.4 Å². The van der Waals surface area contributed by atoms with E-state index < -0.39 is 29.8 Å². The molecule has 1 saturated carbocycles. The molecule has 4 atom stereocenters. The highest BCUT2D eigenvalue weighted by molar-refractivity contribution is 7.13. The molecule has 240 valence electrons. The number of hydrogen-bond donors (Lipinski definition) is 5. The van der Waals surface area contributed by atoms with Gasteiger partial charge in [0.25, 0.3) is 0 Å². The highest BCUT2D eigenvalue weighted by Gasteiger charge is 2.34. The average molecular weight is 617 g/mol. The number of rotatable bonds is 16. The molecule has 1 fully saturated rings. The van der Waals surface area contributed by atoms with Crippen LogP contribution in [0, 0.1) is 17.8 Å². The van der Waals surface area contributed by atoms with Crippen molar-refractivity contribution in [1.29, 1.82) is 0 Å². The molecule has 1 aromatic carbocycles. The topological polar surface area (TPSA) is 149 Å². The highest BCUT2D eigenvalue weighted by atomic mass is 32.1. The van der Waals surface area contributed by atoms with Gasteiger partial charge in [-0.2, -0.15) is 0 Å². The van der Waals surface area contributed by atoms with Crippen LogP contribution in [0.25, 0.3) is 0 Å². The molecule has 2 amide bonds. The van der Waals surface area contributed by atoms with E-state index in [4.69, 9.17) is 5.73 Å². The van der Waals surface area contributed by atoms with Crippen LogP contribution in [-0.2, 0) is 22.6 Å². The fourth-order valence-electron chi connectivity index (χ4n) is 6.03. The Morgan fingerprint density at radius 1 is 1.14 bits per heavy atom. The molecule has 6 N–H and O–H groups in total. The van der Waals surface area contributed by atoms with Gasteiger partial charge in [-0.1, -0.05) is 76.3 Å². The van der Waals surface area contributed by atoms with Gasteiger partial charge in [0.05, 0.1) is 29.4 Å². The molecule has 2 aromatic rings. The number of aromatic nitrogens is 1. The smallest absolute Gasteiger partial charge is 0.224 e. The summed E-state index contributed by atoms with van der Waals surface area (Å²) in [5.41, 5.74) is 6.29. The lowest BCUT2D eigenvalue weighted by Crippen LogP contribution is -2.52. The van der Waals surface area contributed by atoms with Crippen LogP contribution in [0.15, 0.2) is 35.7 Å². The van der Waals surface area contributed by atoms with E-state index in [0.717, 1.165) is 31.2 Å². The number of nitrogens with one attached hydrogen (secondary N) is 1. The van der Waals surface area contributed by atoms with E-state index in [-0.39, 0.29) is 37.1 Å². The van der Waals surface area contributed by atoms with Crippen LogP contribution < -0.4 is 11.1 Å². The summed E-state index contributed by atoms with van der Waals surface area (Å²) in [6.07, 6.45) is 4.50. The van der Waals surface area contributed by atoms with E-state index in [1.807, 2.05) is 44.2 Å². The van der Waals surface area contributed by atoms with Gasteiger partial charge in [-0.15, -0.1) is 11.3 Å². The molecule has 9 nitrogen and oxygen atoms in total. The third kappa shape index (κ3) is 12.2. The van der Waals surface area contributed by atoms with Crippen LogP contribution in [0.1, 0.15) is 90.3 Å². The molecule has 1 aromatic heterocycles. The second kappa shape index (κ2) is 16.5. The van der Waals surface area contributed by atoms with Crippen molar-refractivity contribution in [2.45, 2.75) is 116 Å². The van der Waals surface area contributed by atoms with Crippen LogP contribution in [0.5, 0.6) is 0 Å². The zero-order chi connectivity index (χ0) is 31.6. The number of aliphatic hydroxyl groups excluding tert-OH is 2. The lowest BCUT2D eigenvalue weighted by atomic mass is 9.82. The summed E-state index contributed by atoms with van der Waals surface area (Å²) in [6.45, 7) is 7.68. The van der Waals surface area contributed by atoms with Crippen molar-refractivity contribution in [3.63, 3.8) is 0 Å². The third-order valence-corrected chi connectivity index (χ3v) is 8.85. The maximum absolute atomic E-state index is 14.0. The number of carbonyl (C=O) groups excluding carboxylic acids is 2. The van der Waals surface area contributed by atoms with Gasteiger partial charge in [-0.25, -0.2) is 4.98 Å². The van der Waals surface area contributed by atoms with Crippen molar-refractivity contribution in [1.82, 2.24) is 15.2 Å². The van der Waals surface area contributed by atoms with E-state index in [2.05, 4.69) is 10.3 Å². The first kappa shape index (κ1) is 35.0. The number of nitrogen functional groups attached to an aromatic ring is 1. The van der Waals surface area contributed by atoms with Crippen molar-refractivity contribution < 1.29 is 24.9 Å². The zero-order valence-corrected chi connectivity index (χ0v) is 27.1. The van der Waals surface area contributed by atoms with E-state index >= 15 is 0 Å². The first-order valence-electron chi connectivity index (χ1n) is 15.7. The number of nitrogens with two attached hydrogens (primary N) is 1. The van der Waals surface area contributed by atoms with Gasteiger partial charge in [0.15, 0.2) is 5.13 Å². The Hall–Kier alpha value is -2.53. The molecule has 0 saturated heterocycles. The molecule has 0 unspecified atom stereocenters. The van der Waals surface area contributed by atoms with E-state index in [0.29, 0.717) is 36.1 Å². The quantitative estimate of drug-likeness (QED) is 0.189. The predicted molar refractivity (Wildman–Crippen MR) is 171 cm³/mol. The van der Waals surface area contributed by atoms with Crippen molar-refractivity contribution >= 4 is 28.3 Å². The lowest BCUT2D eigenvalue weighted by molar-refractivity contribution is -0.139. The largest absolute Gasteiger partial charge is 0.390 e. The number of carbonyl (C=O) groups is 2. The third-order valence-electron chi connectivity index (χ3n) is 8.12. The lowest BCUT2D eigenvalue weighted by Gasteiger charge is -2.34. The highest BCUT2D eigenvalue weighted by Crippen LogP contribution is 2.29. The van der Waals surface area contributed by atoms with Gasteiger partial charge in [-0.3, -0.25) is 9.59 Å². The van der Waals surface area contributed by atoms with Gasteiger partial charge < -0.3 is 31.3 Å². The number of thiazole rings is 1. The first-order valence-corrected chi connectivity index (χ1v) is 16.6. The monoisotopic (exact) mass is 616 g/mol. The number of hydrogen-bond acceptors (Lipinski definition) is 8. The SMILES string of the molecule is CC(C)C[C@H](O)[C@H](O)[C@H](CC1CCCCC1)NC(=O)[C@@H](CC(=O)N(Cc1ccccc1)CC(C)(C)O)Cc1csc(N)n1. The molecule has 0 spiro atoms. The minimum atomic E-state index is -1.13. The molecule has 1 aliphatic carbocycles. The standard InChI is InChI=1S/C33H52N4O5S/c1-22(2)15-28(38)30(40)27(16-23-11-7-5-8-12-23)36-31(41)25(17-26-20-43-32(34)35-26)18-29(39)37(21-33(3,4)42)19-24-13-9-6-10-14-24/h6,9-10,13-14,20,22-23,25,27-28,30,38,40,42H,5,7-8,11-12,15-19,21H2,1-4H3,(H2,34,35)(H,36,41)/t25-,27+,28+,30-/m1/s1. The van der Waals surface area contributed by atoms with Crippen LogP contribution in [0.4, 0.5) is 5.13 Å². The number of amides is 2. The van der Waals surface area contributed by atoms with Crippen molar-refractivity contribution in [3.8, 4) is 0 Å². The second-order valence-corrected chi connectivity index (χ2v) is 14.3. The Balaban J connectivity index is 1.84. The first-order chi connectivity index (χ1) is 20.3. The number of anilines is 1. The Bertz CT molecular complexity index is 1130. The number of benzene rings is 1. The van der Waals surface area contributed by atoms with E-state index in [1.165, 1.54) is 17.8 Å². The van der Waals surface area contributed by atoms with Crippen molar-refractivity contribution in [2.75, 3.05) is 12.3 Å². The molecule has 0 bridgehead atoms. The molecule has 0 aliphatic heterocycles. The Labute approximate surface area is 260 Å². The predicted octanol–water partition coefficient (Wildman–Crippen LogP) is 4.30. The van der Waals surface area contributed by atoms with Gasteiger partial charge in [0.2, 0.25) is 11.8 Å². The van der Waals surface area contributed by atoms with Crippen LogP contribution >= 0.6 is 11.3 Å². The van der Waals surface area contributed by atoms with Crippen LogP contribution in [0.3, 0.4) is 0 Å². The summed E-state index contributed by atoms with van der Waals surface area (Å²) < 4.78 is 0. The normalized spacial score (nSPS) is 17.3. The molecule has 0 radical (unpaired) electrons. The second-order valence-electron chi connectivity index (χ2n) is 13.4. The summed E-state index contributed by atoms with van der Waals surface area (Å²) in [5.74, 6) is -0.871. The summed E-state index contributed by atoms with van der Waals surface area (Å²) in [6, 6.07) is 8.91. The molecule has 3 rings (SSSR count). The number of aliphatic hydroxyl groups is 3. The molecular weight excluding hydrogens is 564 g/mol. The van der Waals surface area contributed by atoms with Gasteiger partial charge in [-0.05, 0) is 44.1 Å². The minimum absolute atomic E-state index is 0.100. The molecule has 1 heterocycles. The Morgan fingerprint density at radius 3 is 2.40 bits per heavy atom. The van der Waals surface area contributed by atoms with Crippen molar-refractivity contribution in [2.24, 2.45) is 17.8 Å². The molecule has 10 heteroatoms. The Kier molecular flexibility index (Phi) is 13.4. The molecule has 1 aliphatic rings. The average Bonchev–Trinajstić information content (AvgIpc) is 3.35. The molecule has 43 heavy (non-hydrogen) atoms. The molecular formula is C33H52N4O5S. The minimum Gasteiger partial charge on any atom is -0.390 e. The summed E-state index contributed by atoms with van der Waals surface area (Å²) >= 11 is 1.28. The maximum Gasteiger partial charge on any atom is 0.224 e. The summed E-state index contributed by atoms with van der Waals surface area (Å²) in [5, 5.41) is 37.9. The van der Waals surface area contributed by atoms with E-state index in [1.54, 1.807) is 24.1 Å². The van der Waals surface area contributed by atoms with Crippen LogP contribution in [0.2, 0.25) is 0 Å². The zero-order valence-electron chi connectivity index (χ0n) is 26.2. The van der Waals surface area contributed by atoms with Gasteiger partial charge in [0, 0.05) is 31.3 Å².